The Balaban J connectivity index is 1.66. The number of amides is 2. The average molecular weight is 390 g/mol. The Bertz CT molecular complexity index is 1060. The van der Waals surface area contributed by atoms with Crippen LogP contribution in [0.1, 0.15) is 32.0 Å². The van der Waals surface area contributed by atoms with E-state index in [-0.39, 0.29) is 29.6 Å². The lowest BCUT2D eigenvalue weighted by Crippen LogP contribution is -2.29. The maximum Gasteiger partial charge on any atom is 0.271 e. The standard InChI is InChI=1S/C22H22N4O3/c1-25(2)22(29)18-10-8-16(9-11-18)14-23-21(28)19-12-13-20(27)26(24-19)15-17-6-4-3-5-7-17/h3-13H,14-15H2,1-2H3,(H,23,28). The van der Waals surface area contributed by atoms with E-state index in [1.165, 1.54) is 21.7 Å². The van der Waals surface area contributed by atoms with Crippen LogP contribution in [0.5, 0.6) is 0 Å². The number of aromatic nitrogens is 2. The molecule has 2 aromatic carbocycles. The Kier molecular flexibility index (Phi) is 6.19. The van der Waals surface area contributed by atoms with E-state index in [0.717, 1.165) is 11.1 Å². The summed E-state index contributed by atoms with van der Waals surface area (Å²) < 4.78 is 1.27. The Morgan fingerprint density at radius 2 is 1.62 bits per heavy atom. The molecule has 0 fully saturated rings. The zero-order chi connectivity index (χ0) is 20.8. The third kappa shape index (κ3) is 5.16. The van der Waals surface area contributed by atoms with Crippen molar-refractivity contribution in [1.29, 1.82) is 0 Å². The van der Waals surface area contributed by atoms with E-state index in [4.69, 9.17) is 0 Å². The first-order valence-electron chi connectivity index (χ1n) is 9.15. The predicted octanol–water partition coefficient (Wildman–Crippen LogP) is 1.92. The zero-order valence-electron chi connectivity index (χ0n) is 16.3. The van der Waals surface area contributed by atoms with Crippen molar-refractivity contribution in [3.63, 3.8) is 0 Å². The molecule has 2 amide bonds. The highest BCUT2D eigenvalue weighted by molar-refractivity contribution is 5.94. The van der Waals surface area contributed by atoms with Crippen molar-refractivity contribution in [2.45, 2.75) is 13.1 Å². The highest BCUT2D eigenvalue weighted by atomic mass is 16.2. The van der Waals surface area contributed by atoms with Crippen molar-refractivity contribution in [3.05, 3.63) is 99.5 Å². The number of hydrogen-bond donors (Lipinski definition) is 1. The summed E-state index contributed by atoms with van der Waals surface area (Å²) in [5.74, 6) is -0.453. The summed E-state index contributed by atoms with van der Waals surface area (Å²) in [7, 11) is 3.39. The molecule has 0 radical (unpaired) electrons. The summed E-state index contributed by atoms with van der Waals surface area (Å²) in [6.07, 6.45) is 0. The summed E-state index contributed by atoms with van der Waals surface area (Å²) in [5.41, 5.74) is 2.25. The molecule has 7 nitrogen and oxygen atoms in total. The molecule has 0 atom stereocenters. The van der Waals surface area contributed by atoms with Gasteiger partial charge in [0.25, 0.3) is 17.4 Å². The summed E-state index contributed by atoms with van der Waals surface area (Å²) in [4.78, 5) is 37.9. The Morgan fingerprint density at radius 1 is 0.931 bits per heavy atom. The number of nitrogens with zero attached hydrogens (tertiary/aromatic N) is 3. The lowest BCUT2D eigenvalue weighted by atomic mass is 10.1. The third-order valence-corrected chi connectivity index (χ3v) is 4.33. The number of nitrogens with one attached hydrogen (secondary N) is 1. The van der Waals surface area contributed by atoms with Crippen molar-refractivity contribution in [2.75, 3.05) is 14.1 Å². The van der Waals surface area contributed by atoms with Gasteiger partial charge < -0.3 is 10.2 Å². The van der Waals surface area contributed by atoms with Crippen molar-refractivity contribution >= 4 is 11.8 Å². The molecular weight excluding hydrogens is 368 g/mol. The molecule has 3 aromatic rings. The molecule has 1 heterocycles. The first-order valence-corrected chi connectivity index (χ1v) is 9.15. The highest BCUT2D eigenvalue weighted by Crippen LogP contribution is 2.07. The summed E-state index contributed by atoms with van der Waals surface area (Å²) in [5, 5.41) is 6.96. The van der Waals surface area contributed by atoms with Gasteiger partial charge in [-0.25, -0.2) is 4.68 Å². The molecule has 1 N–H and O–H groups in total. The first-order chi connectivity index (χ1) is 13.9. The second-order valence-electron chi connectivity index (χ2n) is 6.78. The van der Waals surface area contributed by atoms with Crippen LogP contribution < -0.4 is 10.9 Å². The molecule has 0 unspecified atom stereocenters. The van der Waals surface area contributed by atoms with Gasteiger partial charge in [-0.15, -0.1) is 0 Å². The lowest BCUT2D eigenvalue weighted by molar-refractivity contribution is 0.0827. The molecule has 0 spiro atoms. The number of carbonyl (C=O) groups is 2. The molecule has 0 aliphatic rings. The quantitative estimate of drug-likeness (QED) is 0.697. The summed E-state index contributed by atoms with van der Waals surface area (Å²) in [6, 6.07) is 19.2. The fourth-order valence-corrected chi connectivity index (χ4v) is 2.74. The van der Waals surface area contributed by atoms with E-state index in [1.807, 2.05) is 30.3 Å². The zero-order valence-corrected chi connectivity index (χ0v) is 16.3. The van der Waals surface area contributed by atoms with Crippen LogP contribution in [0.3, 0.4) is 0 Å². The molecule has 3 rings (SSSR count). The van der Waals surface area contributed by atoms with Crippen molar-refractivity contribution in [2.24, 2.45) is 0 Å². The van der Waals surface area contributed by atoms with Crippen molar-refractivity contribution in [3.8, 4) is 0 Å². The average Bonchev–Trinajstić information content (AvgIpc) is 2.74. The minimum atomic E-state index is -0.375. The minimum absolute atomic E-state index is 0.0783. The molecule has 7 heteroatoms. The van der Waals surface area contributed by atoms with Gasteiger partial charge in [0.2, 0.25) is 0 Å². The van der Waals surface area contributed by atoms with Crippen LogP contribution >= 0.6 is 0 Å². The van der Waals surface area contributed by atoms with Gasteiger partial charge in [0.1, 0.15) is 5.69 Å². The number of carbonyl (C=O) groups excluding carboxylic acids is 2. The Hall–Kier alpha value is -3.74. The number of benzene rings is 2. The lowest BCUT2D eigenvalue weighted by Gasteiger charge is -2.11. The van der Waals surface area contributed by atoms with Crippen LogP contribution in [0.15, 0.2) is 71.5 Å². The maximum absolute atomic E-state index is 12.4. The number of hydrogen-bond acceptors (Lipinski definition) is 4. The first kappa shape index (κ1) is 20.0. The van der Waals surface area contributed by atoms with E-state index >= 15 is 0 Å². The molecule has 0 saturated heterocycles. The van der Waals surface area contributed by atoms with Crippen LogP contribution in [-0.4, -0.2) is 40.6 Å². The molecule has 0 aliphatic carbocycles. The van der Waals surface area contributed by atoms with Gasteiger partial charge >= 0.3 is 0 Å². The fourth-order valence-electron chi connectivity index (χ4n) is 2.74. The second-order valence-corrected chi connectivity index (χ2v) is 6.78. The van der Waals surface area contributed by atoms with E-state index < -0.39 is 0 Å². The Labute approximate surface area is 168 Å². The van der Waals surface area contributed by atoms with Gasteiger partial charge in [-0.2, -0.15) is 5.10 Å². The maximum atomic E-state index is 12.4. The van der Waals surface area contributed by atoms with E-state index in [9.17, 15) is 14.4 Å². The van der Waals surface area contributed by atoms with Gasteiger partial charge in [0.05, 0.1) is 6.54 Å². The van der Waals surface area contributed by atoms with E-state index in [2.05, 4.69) is 10.4 Å². The van der Waals surface area contributed by atoms with Gasteiger partial charge in [0.15, 0.2) is 0 Å². The van der Waals surface area contributed by atoms with Crippen LogP contribution in [0.2, 0.25) is 0 Å². The minimum Gasteiger partial charge on any atom is -0.347 e. The van der Waals surface area contributed by atoms with Crippen LogP contribution in [0.4, 0.5) is 0 Å². The SMILES string of the molecule is CN(C)C(=O)c1ccc(CNC(=O)c2ccc(=O)n(Cc3ccccc3)n2)cc1. The molecule has 0 bridgehead atoms. The molecule has 0 saturated carbocycles. The van der Waals surface area contributed by atoms with E-state index in [0.29, 0.717) is 12.1 Å². The smallest absolute Gasteiger partial charge is 0.271 e. The fraction of sp³-hybridized carbons (Fsp3) is 0.182. The van der Waals surface area contributed by atoms with E-state index in [1.54, 1.807) is 38.4 Å². The summed E-state index contributed by atoms with van der Waals surface area (Å²) in [6.45, 7) is 0.580. The number of rotatable bonds is 6. The monoisotopic (exact) mass is 390 g/mol. The van der Waals surface area contributed by atoms with Crippen molar-refractivity contribution in [1.82, 2.24) is 20.0 Å². The van der Waals surface area contributed by atoms with Crippen molar-refractivity contribution < 1.29 is 9.59 Å². The van der Waals surface area contributed by atoms with Gasteiger partial charge in [-0.05, 0) is 29.3 Å². The summed E-state index contributed by atoms with van der Waals surface area (Å²) >= 11 is 0. The molecule has 0 aliphatic heterocycles. The Morgan fingerprint density at radius 3 is 2.28 bits per heavy atom. The normalized spacial score (nSPS) is 10.4. The largest absolute Gasteiger partial charge is 0.347 e. The molecule has 1 aromatic heterocycles. The molecular formula is C22H22N4O3. The predicted molar refractivity (Wildman–Crippen MR) is 110 cm³/mol. The van der Waals surface area contributed by atoms with Crippen LogP contribution in [0.25, 0.3) is 0 Å². The third-order valence-electron chi connectivity index (χ3n) is 4.33. The molecule has 29 heavy (non-hydrogen) atoms. The molecule has 148 valence electrons. The second kappa shape index (κ2) is 8.97. The van der Waals surface area contributed by atoms with Gasteiger partial charge in [-0.1, -0.05) is 42.5 Å². The van der Waals surface area contributed by atoms with Gasteiger partial charge in [-0.3, -0.25) is 14.4 Å². The highest BCUT2D eigenvalue weighted by Gasteiger charge is 2.11. The van der Waals surface area contributed by atoms with Crippen LogP contribution in [0, 0.1) is 0 Å². The van der Waals surface area contributed by atoms with Gasteiger partial charge in [0, 0.05) is 32.3 Å². The van der Waals surface area contributed by atoms with Crippen LogP contribution in [-0.2, 0) is 13.1 Å². The topological polar surface area (TPSA) is 84.3 Å².